The van der Waals surface area contributed by atoms with Gasteiger partial charge in [0.2, 0.25) is 0 Å². The highest BCUT2D eigenvalue weighted by Crippen LogP contribution is 2.31. The fourth-order valence-corrected chi connectivity index (χ4v) is 3.84. The molecule has 0 aliphatic heterocycles. The summed E-state index contributed by atoms with van der Waals surface area (Å²) in [5.41, 5.74) is 3.37. The first-order chi connectivity index (χ1) is 17.0. The van der Waals surface area contributed by atoms with E-state index in [-0.39, 0.29) is 11.3 Å². The van der Waals surface area contributed by atoms with Crippen LogP contribution in [0.4, 0.5) is 5.69 Å². The molecule has 35 heavy (non-hydrogen) atoms. The monoisotopic (exact) mass is 487 g/mol. The average Bonchev–Trinajstić information content (AvgIpc) is 3.47. The molecule has 174 valence electrons. The van der Waals surface area contributed by atoms with Gasteiger partial charge in [-0.25, -0.2) is 9.48 Å². The van der Waals surface area contributed by atoms with Gasteiger partial charge in [0.15, 0.2) is 11.5 Å². The minimum Gasteiger partial charge on any atom is -0.465 e. The summed E-state index contributed by atoms with van der Waals surface area (Å²) in [6, 6.07) is 19.3. The van der Waals surface area contributed by atoms with Crippen LogP contribution in [0.5, 0.6) is 0 Å². The summed E-state index contributed by atoms with van der Waals surface area (Å²) in [4.78, 5) is 25.0. The van der Waals surface area contributed by atoms with Crippen LogP contribution >= 0.6 is 11.6 Å². The maximum atomic E-state index is 13.0. The molecule has 1 amide bonds. The zero-order chi connectivity index (χ0) is 24.5. The standard InChI is InChI=1S/C25H18ClN5O4/c1-14-22(24(32)27-20-6-4-3-5-18(20)25(33)34-2)28-30-31(14)17-11-12-21-19(13-17)23(35-29-21)15-7-9-16(26)10-8-15/h3-13H,1-2H3,(H,27,32). The number of anilines is 1. The fourth-order valence-electron chi connectivity index (χ4n) is 3.72. The van der Waals surface area contributed by atoms with Crippen LogP contribution < -0.4 is 5.32 Å². The molecule has 0 atom stereocenters. The van der Waals surface area contributed by atoms with Crippen molar-refractivity contribution in [1.82, 2.24) is 20.2 Å². The number of nitrogens with zero attached hydrogens (tertiary/aromatic N) is 4. The number of carbonyl (C=O) groups is 2. The van der Waals surface area contributed by atoms with E-state index in [9.17, 15) is 9.59 Å². The van der Waals surface area contributed by atoms with Crippen LogP contribution in [-0.4, -0.2) is 39.1 Å². The Morgan fingerprint density at radius 1 is 1.06 bits per heavy atom. The summed E-state index contributed by atoms with van der Waals surface area (Å²) in [5, 5.41) is 16.5. The first-order valence-corrected chi connectivity index (χ1v) is 10.9. The molecule has 1 N–H and O–H groups in total. The molecule has 0 aliphatic carbocycles. The predicted octanol–water partition coefficient (Wildman–Crippen LogP) is 5.08. The number of fused-ring (bicyclic) bond motifs is 1. The minimum atomic E-state index is -0.556. The Morgan fingerprint density at radius 2 is 1.83 bits per heavy atom. The second kappa shape index (κ2) is 9.03. The van der Waals surface area contributed by atoms with Crippen LogP contribution in [0.1, 0.15) is 26.5 Å². The number of methoxy groups -OCH3 is 1. The van der Waals surface area contributed by atoms with Gasteiger partial charge in [-0.3, -0.25) is 4.79 Å². The summed E-state index contributed by atoms with van der Waals surface area (Å²) >= 11 is 6.00. The topological polar surface area (TPSA) is 112 Å². The van der Waals surface area contributed by atoms with Gasteiger partial charge in [0.25, 0.3) is 5.91 Å². The Balaban J connectivity index is 1.48. The largest absolute Gasteiger partial charge is 0.465 e. The number of para-hydroxylation sites is 1. The van der Waals surface area contributed by atoms with E-state index in [2.05, 4.69) is 20.8 Å². The van der Waals surface area contributed by atoms with Crippen LogP contribution in [0.15, 0.2) is 71.3 Å². The van der Waals surface area contributed by atoms with Crippen molar-refractivity contribution in [2.45, 2.75) is 6.92 Å². The normalized spacial score (nSPS) is 10.9. The third kappa shape index (κ3) is 4.13. The maximum Gasteiger partial charge on any atom is 0.339 e. The number of hydrogen-bond acceptors (Lipinski definition) is 7. The van der Waals surface area contributed by atoms with Crippen molar-refractivity contribution in [3.05, 3.63) is 88.7 Å². The smallest absolute Gasteiger partial charge is 0.339 e. The van der Waals surface area contributed by atoms with Gasteiger partial charge in [-0.2, -0.15) is 0 Å². The number of rotatable bonds is 5. The number of ether oxygens (including phenoxy) is 1. The number of halogens is 1. The molecule has 9 nitrogen and oxygen atoms in total. The molecular formula is C25H18ClN5O4. The van der Waals surface area contributed by atoms with E-state index in [1.54, 1.807) is 54.1 Å². The first-order valence-electron chi connectivity index (χ1n) is 10.5. The van der Waals surface area contributed by atoms with Crippen LogP contribution in [0.3, 0.4) is 0 Å². The number of esters is 1. The molecule has 0 bridgehead atoms. The highest BCUT2D eigenvalue weighted by molar-refractivity contribution is 6.30. The zero-order valence-electron chi connectivity index (χ0n) is 18.7. The zero-order valence-corrected chi connectivity index (χ0v) is 19.4. The molecule has 0 saturated heterocycles. The van der Waals surface area contributed by atoms with E-state index in [1.165, 1.54) is 7.11 Å². The van der Waals surface area contributed by atoms with Crippen LogP contribution in [0.2, 0.25) is 5.02 Å². The Labute approximate surface area is 204 Å². The van der Waals surface area contributed by atoms with Gasteiger partial charge in [0.1, 0.15) is 5.52 Å². The molecular weight excluding hydrogens is 470 g/mol. The lowest BCUT2D eigenvalue weighted by atomic mass is 10.1. The molecule has 0 unspecified atom stereocenters. The Morgan fingerprint density at radius 3 is 2.60 bits per heavy atom. The number of amides is 1. The number of benzene rings is 3. The maximum absolute atomic E-state index is 13.0. The molecule has 0 aliphatic rings. The van der Waals surface area contributed by atoms with Gasteiger partial charge in [0.05, 0.1) is 35.1 Å². The fraction of sp³-hybridized carbons (Fsp3) is 0.0800. The highest BCUT2D eigenvalue weighted by atomic mass is 35.5. The van der Waals surface area contributed by atoms with Gasteiger partial charge < -0.3 is 14.6 Å². The lowest BCUT2D eigenvalue weighted by Gasteiger charge is -2.09. The minimum absolute atomic E-state index is 0.119. The van der Waals surface area contributed by atoms with Crippen molar-refractivity contribution in [2.24, 2.45) is 0 Å². The number of aromatic nitrogens is 4. The van der Waals surface area contributed by atoms with Gasteiger partial charge in [-0.1, -0.05) is 34.1 Å². The van der Waals surface area contributed by atoms with Gasteiger partial charge in [-0.05, 0) is 61.5 Å². The molecule has 3 aromatic carbocycles. The molecule has 0 radical (unpaired) electrons. The number of carbonyl (C=O) groups excluding carboxylic acids is 2. The summed E-state index contributed by atoms with van der Waals surface area (Å²) < 4.78 is 11.9. The van der Waals surface area contributed by atoms with E-state index in [1.807, 2.05) is 24.3 Å². The Bertz CT molecular complexity index is 1570. The van der Waals surface area contributed by atoms with Gasteiger partial charge in [-0.15, -0.1) is 5.10 Å². The first kappa shape index (κ1) is 22.3. The third-order valence-corrected chi connectivity index (χ3v) is 5.75. The van der Waals surface area contributed by atoms with E-state index in [0.29, 0.717) is 33.4 Å². The quantitative estimate of drug-likeness (QED) is 0.344. The summed E-state index contributed by atoms with van der Waals surface area (Å²) in [7, 11) is 1.28. The second-order valence-electron chi connectivity index (χ2n) is 7.65. The number of hydrogen-bond donors (Lipinski definition) is 1. The molecule has 0 fully saturated rings. The van der Waals surface area contributed by atoms with Crippen LogP contribution in [0, 0.1) is 6.92 Å². The summed E-state index contributed by atoms with van der Waals surface area (Å²) in [5.74, 6) is -0.466. The molecule has 2 heterocycles. The Hall–Kier alpha value is -4.50. The summed E-state index contributed by atoms with van der Waals surface area (Å²) in [6.45, 7) is 1.74. The SMILES string of the molecule is COC(=O)c1ccccc1NC(=O)c1nnn(-c2ccc3noc(-c4ccc(Cl)cc4)c3c2)c1C. The van der Waals surface area contributed by atoms with Crippen LogP contribution in [0.25, 0.3) is 27.9 Å². The molecule has 2 aromatic heterocycles. The van der Waals surface area contributed by atoms with Crippen molar-refractivity contribution >= 4 is 40.1 Å². The van der Waals surface area contributed by atoms with Crippen molar-refractivity contribution in [3.8, 4) is 17.0 Å². The lowest BCUT2D eigenvalue weighted by Crippen LogP contribution is -2.17. The third-order valence-electron chi connectivity index (χ3n) is 5.50. The van der Waals surface area contributed by atoms with Crippen molar-refractivity contribution in [2.75, 3.05) is 12.4 Å². The van der Waals surface area contributed by atoms with E-state index >= 15 is 0 Å². The summed E-state index contributed by atoms with van der Waals surface area (Å²) in [6.07, 6.45) is 0. The molecule has 5 aromatic rings. The van der Waals surface area contributed by atoms with Crippen LogP contribution in [-0.2, 0) is 4.74 Å². The molecule has 10 heteroatoms. The number of nitrogens with one attached hydrogen (secondary N) is 1. The second-order valence-corrected chi connectivity index (χ2v) is 8.08. The highest BCUT2D eigenvalue weighted by Gasteiger charge is 2.21. The van der Waals surface area contributed by atoms with Crippen molar-refractivity contribution < 1.29 is 18.8 Å². The molecule has 0 saturated carbocycles. The van der Waals surface area contributed by atoms with Crippen molar-refractivity contribution in [3.63, 3.8) is 0 Å². The van der Waals surface area contributed by atoms with Gasteiger partial charge in [0, 0.05) is 10.6 Å². The van der Waals surface area contributed by atoms with E-state index in [4.69, 9.17) is 20.9 Å². The Kier molecular flexibility index (Phi) is 5.76. The van der Waals surface area contributed by atoms with Crippen molar-refractivity contribution in [1.29, 1.82) is 0 Å². The van der Waals surface area contributed by atoms with E-state index < -0.39 is 11.9 Å². The van der Waals surface area contributed by atoms with E-state index in [0.717, 1.165) is 10.9 Å². The van der Waals surface area contributed by atoms with Gasteiger partial charge >= 0.3 is 5.97 Å². The lowest BCUT2D eigenvalue weighted by molar-refractivity contribution is 0.0602. The molecule has 0 spiro atoms. The molecule has 5 rings (SSSR count). The average molecular weight is 488 g/mol. The predicted molar refractivity (Wildman–Crippen MR) is 130 cm³/mol.